The predicted octanol–water partition coefficient (Wildman–Crippen LogP) is 3.29. The normalized spacial score (nSPS) is 13.9. The molecule has 0 heterocycles. The minimum absolute atomic E-state index is 1.14. The van der Waals surface area contributed by atoms with Gasteiger partial charge in [-0.1, -0.05) is 0 Å². The highest BCUT2D eigenvalue weighted by Gasteiger charge is 2.39. The lowest BCUT2D eigenvalue weighted by molar-refractivity contribution is 0.356. The maximum absolute atomic E-state index is 13.3. The Bertz CT molecular complexity index is 426. The molecule has 1 nitrogen and oxygen atoms in total. The summed E-state index contributed by atoms with van der Waals surface area (Å²) >= 11 is -2.35. The van der Waals surface area contributed by atoms with Crippen LogP contribution in [-0.2, 0) is 11.2 Å². The van der Waals surface area contributed by atoms with E-state index in [4.69, 9.17) is 0 Å². The van der Waals surface area contributed by atoms with Crippen LogP contribution in [-0.4, -0.2) is 9.30 Å². The van der Waals surface area contributed by atoms with Crippen molar-refractivity contribution in [1.29, 1.82) is 0 Å². The molecule has 0 aromatic heterocycles. The number of rotatable bonds is 1. The van der Waals surface area contributed by atoms with Crippen LogP contribution in [0.2, 0.25) is 0 Å². The number of hydrogen-bond acceptors (Lipinski definition) is 1. The fourth-order valence-electron chi connectivity index (χ4n) is 1.05. The van der Waals surface area contributed by atoms with Crippen LogP contribution in [0.1, 0.15) is 20.8 Å². The predicted molar refractivity (Wildman–Crippen MR) is 52.4 cm³/mol. The van der Waals surface area contributed by atoms with E-state index in [-0.39, 0.29) is 0 Å². The van der Waals surface area contributed by atoms with Gasteiger partial charge in [0.1, 0.15) is 4.75 Å². The molecule has 0 aliphatic heterocycles. The second-order valence-corrected chi connectivity index (χ2v) is 6.45. The van der Waals surface area contributed by atoms with E-state index in [0.717, 1.165) is 0 Å². The van der Waals surface area contributed by atoms with Crippen molar-refractivity contribution in [2.75, 3.05) is 0 Å². The molecule has 0 saturated heterocycles. The van der Waals surface area contributed by atoms with E-state index < -0.39 is 49.9 Å². The third-order valence-electron chi connectivity index (χ3n) is 1.91. The molecule has 1 rings (SSSR count). The topological polar surface area (TPSA) is 23.1 Å². The Balaban J connectivity index is 3.55. The van der Waals surface area contributed by atoms with Gasteiger partial charge in [0.15, 0.2) is 0 Å². The monoisotopic (exact) mass is 272 g/mol. The van der Waals surface area contributed by atoms with Gasteiger partial charge in [-0.15, -0.1) is 0 Å². The van der Waals surface area contributed by atoms with Crippen LogP contribution in [0.25, 0.3) is 0 Å². The quantitative estimate of drug-likeness (QED) is 0.333. The molecular weight excluding hydrogens is 263 g/mol. The van der Waals surface area contributed by atoms with Gasteiger partial charge < -0.3 is 4.55 Å². The molecule has 0 aliphatic rings. The third kappa shape index (κ3) is 2.40. The lowest BCUT2D eigenvalue weighted by Crippen LogP contribution is -2.30. The standard InChI is InChI=1S/C10H9F5OS/c1-10(2,3)17(16)9-7(14)5(12)4(11)6(13)8(9)15/h1-3H3. The van der Waals surface area contributed by atoms with Crippen LogP contribution >= 0.6 is 0 Å². The van der Waals surface area contributed by atoms with Gasteiger partial charge in [-0.25, -0.2) is 13.2 Å². The molecule has 0 spiro atoms. The minimum Gasteiger partial charge on any atom is -0.611 e. The first-order valence-corrected chi connectivity index (χ1v) is 5.67. The van der Waals surface area contributed by atoms with Gasteiger partial charge in [0, 0.05) is 0 Å². The van der Waals surface area contributed by atoms with E-state index in [1.165, 1.54) is 20.8 Å². The van der Waals surface area contributed by atoms with E-state index in [0.29, 0.717) is 0 Å². The van der Waals surface area contributed by atoms with Crippen molar-refractivity contribution in [3.63, 3.8) is 0 Å². The first-order valence-electron chi connectivity index (χ1n) is 4.52. The van der Waals surface area contributed by atoms with Crippen LogP contribution in [0.3, 0.4) is 0 Å². The van der Waals surface area contributed by atoms with Gasteiger partial charge in [-0.3, -0.25) is 0 Å². The number of benzene rings is 1. The minimum atomic E-state index is -2.35. The van der Waals surface area contributed by atoms with E-state index >= 15 is 0 Å². The first kappa shape index (κ1) is 14.2. The molecule has 0 aliphatic carbocycles. The van der Waals surface area contributed by atoms with Crippen LogP contribution in [0, 0.1) is 29.1 Å². The molecule has 1 unspecified atom stereocenters. The summed E-state index contributed by atoms with van der Waals surface area (Å²) in [6.45, 7) is 4.09. The van der Waals surface area contributed by atoms with Crippen molar-refractivity contribution in [2.45, 2.75) is 30.4 Å². The van der Waals surface area contributed by atoms with Gasteiger partial charge in [-0.05, 0) is 31.9 Å². The summed E-state index contributed by atoms with van der Waals surface area (Å²) in [5, 5.41) is 0. The highest BCUT2D eigenvalue weighted by molar-refractivity contribution is 7.92. The fourth-order valence-corrected chi connectivity index (χ4v) is 2.17. The Morgan fingerprint density at radius 3 is 1.35 bits per heavy atom. The second kappa shape index (κ2) is 4.45. The number of halogens is 5. The van der Waals surface area contributed by atoms with Gasteiger partial charge in [-0.2, -0.15) is 8.78 Å². The van der Waals surface area contributed by atoms with E-state index in [2.05, 4.69) is 0 Å². The van der Waals surface area contributed by atoms with Gasteiger partial charge in [0.25, 0.3) is 0 Å². The molecule has 1 aromatic carbocycles. The van der Waals surface area contributed by atoms with E-state index in [9.17, 15) is 26.5 Å². The maximum atomic E-state index is 13.3. The SMILES string of the molecule is CC(C)(C)[S+]([O-])c1c(F)c(F)c(F)c(F)c1F. The molecule has 0 N–H and O–H groups in total. The molecule has 7 heteroatoms. The van der Waals surface area contributed by atoms with Crippen LogP contribution < -0.4 is 0 Å². The summed E-state index contributed by atoms with van der Waals surface area (Å²) in [6.07, 6.45) is 0. The summed E-state index contributed by atoms with van der Waals surface area (Å²) in [4.78, 5) is -1.28. The molecular formula is C10H9F5OS. The molecule has 0 fully saturated rings. The Morgan fingerprint density at radius 1 is 0.765 bits per heavy atom. The van der Waals surface area contributed by atoms with Gasteiger partial charge in [0.05, 0.1) is 0 Å². The van der Waals surface area contributed by atoms with E-state index in [1.807, 2.05) is 0 Å². The average molecular weight is 272 g/mol. The highest BCUT2D eigenvalue weighted by Crippen LogP contribution is 2.32. The number of hydrogen-bond donors (Lipinski definition) is 0. The van der Waals surface area contributed by atoms with Crippen molar-refractivity contribution >= 4 is 11.2 Å². The van der Waals surface area contributed by atoms with Crippen molar-refractivity contribution in [1.82, 2.24) is 0 Å². The fraction of sp³-hybridized carbons (Fsp3) is 0.400. The molecule has 1 aromatic rings. The lowest BCUT2D eigenvalue weighted by atomic mass is 10.2. The summed E-state index contributed by atoms with van der Waals surface area (Å²) in [6, 6.07) is 0. The van der Waals surface area contributed by atoms with Crippen LogP contribution in [0.4, 0.5) is 22.0 Å². The second-order valence-electron chi connectivity index (χ2n) is 4.28. The largest absolute Gasteiger partial charge is 0.611 e. The molecule has 17 heavy (non-hydrogen) atoms. The van der Waals surface area contributed by atoms with Crippen LogP contribution in [0.15, 0.2) is 4.90 Å². The smallest absolute Gasteiger partial charge is 0.230 e. The molecule has 96 valence electrons. The molecule has 0 bridgehead atoms. The Labute approximate surface area is 97.8 Å². The van der Waals surface area contributed by atoms with Crippen molar-refractivity contribution in [3.8, 4) is 0 Å². The van der Waals surface area contributed by atoms with Crippen LogP contribution in [0.5, 0.6) is 0 Å². The van der Waals surface area contributed by atoms with Gasteiger partial charge >= 0.3 is 0 Å². The summed E-state index contributed by atoms with van der Waals surface area (Å²) in [7, 11) is 0. The first-order chi connectivity index (χ1) is 7.59. The molecule has 0 saturated carbocycles. The summed E-state index contributed by atoms with van der Waals surface area (Å²) in [5.41, 5.74) is 0. The highest BCUT2D eigenvalue weighted by atomic mass is 32.2. The Hall–Kier alpha value is -0.820. The zero-order valence-electron chi connectivity index (χ0n) is 9.21. The molecule has 0 radical (unpaired) electrons. The van der Waals surface area contributed by atoms with Crippen molar-refractivity contribution in [3.05, 3.63) is 29.1 Å². The van der Waals surface area contributed by atoms with E-state index in [1.54, 1.807) is 0 Å². The maximum Gasteiger partial charge on any atom is 0.230 e. The Kier molecular flexibility index (Phi) is 3.73. The zero-order chi connectivity index (χ0) is 13.5. The van der Waals surface area contributed by atoms with Gasteiger partial charge in [0.2, 0.25) is 34.0 Å². The Morgan fingerprint density at radius 2 is 1.06 bits per heavy atom. The summed E-state index contributed by atoms with van der Waals surface area (Å²) in [5.74, 6) is -10.5. The van der Waals surface area contributed by atoms with Crippen molar-refractivity contribution in [2.24, 2.45) is 0 Å². The van der Waals surface area contributed by atoms with Crippen molar-refractivity contribution < 1.29 is 26.5 Å². The average Bonchev–Trinajstić information content (AvgIpc) is 2.22. The zero-order valence-corrected chi connectivity index (χ0v) is 10.0. The molecule has 1 atom stereocenters. The third-order valence-corrected chi connectivity index (χ3v) is 3.75. The summed E-state index contributed by atoms with van der Waals surface area (Å²) < 4.78 is 75.5. The lowest BCUT2D eigenvalue weighted by Gasteiger charge is -2.24. The molecule has 0 amide bonds.